The summed E-state index contributed by atoms with van der Waals surface area (Å²) >= 11 is 5.96. The molecule has 3 nitrogen and oxygen atoms in total. The highest BCUT2D eigenvalue weighted by molar-refractivity contribution is 6.31. The van der Waals surface area contributed by atoms with Crippen LogP contribution in [0.5, 0.6) is 0 Å². The van der Waals surface area contributed by atoms with Crippen LogP contribution in [-0.4, -0.2) is 18.1 Å². The summed E-state index contributed by atoms with van der Waals surface area (Å²) in [6, 6.07) is 6.40. The molecule has 1 aromatic heterocycles. The fraction of sp³-hybridized carbons (Fsp3) is 0.267. The molecular formula is C15H17ClFN3. The zero-order chi connectivity index (χ0) is 14.4. The normalized spacial score (nSPS) is 10.6. The van der Waals surface area contributed by atoms with Gasteiger partial charge in [0.1, 0.15) is 5.82 Å². The first kappa shape index (κ1) is 14.8. The van der Waals surface area contributed by atoms with Crippen molar-refractivity contribution < 1.29 is 4.39 Å². The highest BCUT2D eigenvalue weighted by atomic mass is 35.5. The molecule has 0 fully saturated rings. The lowest BCUT2D eigenvalue weighted by Crippen LogP contribution is -2.22. The Bertz CT molecular complexity index is 575. The molecule has 0 unspecified atom stereocenters. The monoisotopic (exact) mass is 293 g/mol. The number of benzene rings is 1. The van der Waals surface area contributed by atoms with E-state index in [2.05, 4.69) is 15.6 Å². The fourth-order valence-electron chi connectivity index (χ4n) is 1.85. The van der Waals surface area contributed by atoms with E-state index in [1.807, 2.05) is 19.2 Å². The summed E-state index contributed by atoms with van der Waals surface area (Å²) < 4.78 is 12.9. The average molecular weight is 294 g/mol. The molecule has 0 atom stereocenters. The summed E-state index contributed by atoms with van der Waals surface area (Å²) in [4.78, 5) is 4.04. The maximum Gasteiger partial charge on any atom is 0.124 e. The molecule has 5 heteroatoms. The van der Waals surface area contributed by atoms with Gasteiger partial charge in [-0.1, -0.05) is 17.7 Å². The first-order chi connectivity index (χ1) is 9.66. The molecule has 0 amide bonds. The van der Waals surface area contributed by atoms with Crippen molar-refractivity contribution in [3.8, 4) is 0 Å². The second-order valence-corrected chi connectivity index (χ2v) is 4.94. The maximum atomic E-state index is 12.9. The van der Waals surface area contributed by atoms with Gasteiger partial charge in [-0.2, -0.15) is 0 Å². The van der Waals surface area contributed by atoms with Crippen molar-refractivity contribution in [2.75, 3.05) is 18.4 Å². The molecular weight excluding hydrogens is 277 g/mol. The average Bonchev–Trinajstić information content (AvgIpc) is 2.42. The first-order valence-electron chi connectivity index (χ1n) is 6.46. The minimum Gasteiger partial charge on any atom is -0.383 e. The Balaban J connectivity index is 1.73. The molecule has 1 aromatic carbocycles. The number of hydrogen-bond acceptors (Lipinski definition) is 3. The topological polar surface area (TPSA) is 37.0 Å². The number of pyridine rings is 1. The van der Waals surface area contributed by atoms with E-state index in [0.717, 1.165) is 29.9 Å². The van der Waals surface area contributed by atoms with Crippen LogP contribution in [0.4, 0.5) is 10.1 Å². The van der Waals surface area contributed by atoms with E-state index in [9.17, 15) is 4.39 Å². The van der Waals surface area contributed by atoms with Gasteiger partial charge in [-0.15, -0.1) is 0 Å². The molecule has 0 aliphatic carbocycles. The smallest absolute Gasteiger partial charge is 0.124 e. The summed E-state index contributed by atoms with van der Waals surface area (Å²) in [6.45, 7) is 4.22. The van der Waals surface area contributed by atoms with Crippen molar-refractivity contribution in [3.05, 3.63) is 58.6 Å². The Kier molecular flexibility index (Phi) is 5.32. The Hall–Kier alpha value is -1.65. The second kappa shape index (κ2) is 7.22. The molecule has 0 aliphatic rings. The number of anilines is 1. The van der Waals surface area contributed by atoms with E-state index in [0.29, 0.717) is 11.6 Å². The van der Waals surface area contributed by atoms with Crippen LogP contribution in [0.25, 0.3) is 0 Å². The predicted octanol–water partition coefficient (Wildman–Crippen LogP) is 3.38. The second-order valence-electron chi connectivity index (χ2n) is 4.53. The summed E-state index contributed by atoms with van der Waals surface area (Å²) in [6.07, 6.45) is 3.59. The molecule has 0 radical (unpaired) electrons. The van der Waals surface area contributed by atoms with Gasteiger partial charge in [0.05, 0.1) is 0 Å². The van der Waals surface area contributed by atoms with Gasteiger partial charge in [0.25, 0.3) is 0 Å². The third-order valence-corrected chi connectivity index (χ3v) is 3.32. The molecule has 106 valence electrons. The molecule has 0 saturated heterocycles. The maximum absolute atomic E-state index is 12.9. The lowest BCUT2D eigenvalue weighted by Gasteiger charge is -2.10. The van der Waals surface area contributed by atoms with Gasteiger partial charge in [-0.25, -0.2) is 4.39 Å². The van der Waals surface area contributed by atoms with Crippen LogP contribution in [0.2, 0.25) is 5.02 Å². The number of nitrogens with zero attached hydrogens (tertiary/aromatic N) is 1. The van der Waals surface area contributed by atoms with E-state index < -0.39 is 0 Å². The van der Waals surface area contributed by atoms with Gasteiger partial charge < -0.3 is 10.6 Å². The van der Waals surface area contributed by atoms with Crippen LogP contribution < -0.4 is 10.6 Å². The largest absolute Gasteiger partial charge is 0.383 e. The Labute approximate surface area is 123 Å². The fourth-order valence-corrected chi connectivity index (χ4v) is 2.08. The van der Waals surface area contributed by atoms with Gasteiger partial charge in [0, 0.05) is 42.7 Å². The van der Waals surface area contributed by atoms with Crippen LogP contribution in [0.3, 0.4) is 0 Å². The lowest BCUT2D eigenvalue weighted by atomic mass is 10.2. The summed E-state index contributed by atoms with van der Waals surface area (Å²) in [7, 11) is 0. The minimum atomic E-state index is -0.312. The van der Waals surface area contributed by atoms with Crippen LogP contribution in [-0.2, 0) is 6.54 Å². The molecule has 0 saturated carbocycles. The highest BCUT2D eigenvalue weighted by Gasteiger charge is 2.01. The van der Waals surface area contributed by atoms with Crippen molar-refractivity contribution in [2.45, 2.75) is 13.5 Å². The molecule has 0 aliphatic heterocycles. The summed E-state index contributed by atoms with van der Waals surface area (Å²) in [5, 5.41) is 7.05. The van der Waals surface area contributed by atoms with E-state index in [4.69, 9.17) is 11.6 Å². The van der Waals surface area contributed by atoms with Crippen molar-refractivity contribution in [2.24, 2.45) is 0 Å². The zero-order valence-electron chi connectivity index (χ0n) is 11.3. The summed E-state index contributed by atoms with van der Waals surface area (Å²) in [5.41, 5.74) is 3.10. The van der Waals surface area contributed by atoms with Crippen LogP contribution >= 0.6 is 11.6 Å². The van der Waals surface area contributed by atoms with Gasteiger partial charge in [-0.05, 0) is 36.2 Å². The standard InChI is InChI=1S/C15H17ClFN3/c1-11-9-18-5-4-15(11)20-7-6-19-10-12-2-3-13(17)8-14(12)16/h2-5,8-9,19H,6-7,10H2,1H3,(H,18,20). The number of halogens is 2. The number of aromatic nitrogens is 1. The Morgan fingerprint density at radius 3 is 2.85 bits per heavy atom. The number of aryl methyl sites for hydroxylation is 1. The van der Waals surface area contributed by atoms with Gasteiger partial charge in [-0.3, -0.25) is 4.98 Å². The van der Waals surface area contributed by atoms with Crippen molar-refractivity contribution in [3.63, 3.8) is 0 Å². The Morgan fingerprint density at radius 2 is 2.10 bits per heavy atom. The van der Waals surface area contributed by atoms with E-state index in [1.165, 1.54) is 12.1 Å². The number of hydrogen-bond donors (Lipinski definition) is 2. The van der Waals surface area contributed by atoms with E-state index in [-0.39, 0.29) is 5.82 Å². The molecule has 2 N–H and O–H groups in total. The highest BCUT2D eigenvalue weighted by Crippen LogP contribution is 2.16. The van der Waals surface area contributed by atoms with Crippen molar-refractivity contribution in [1.29, 1.82) is 0 Å². The number of nitrogens with one attached hydrogen (secondary N) is 2. The van der Waals surface area contributed by atoms with Crippen LogP contribution in [0, 0.1) is 12.7 Å². The number of rotatable bonds is 6. The molecule has 1 heterocycles. The third-order valence-electron chi connectivity index (χ3n) is 2.97. The molecule has 0 spiro atoms. The van der Waals surface area contributed by atoms with E-state index in [1.54, 1.807) is 12.3 Å². The van der Waals surface area contributed by atoms with Gasteiger partial charge in [0.2, 0.25) is 0 Å². The van der Waals surface area contributed by atoms with Gasteiger partial charge in [0.15, 0.2) is 0 Å². The van der Waals surface area contributed by atoms with Crippen molar-refractivity contribution in [1.82, 2.24) is 10.3 Å². The minimum absolute atomic E-state index is 0.312. The van der Waals surface area contributed by atoms with Crippen LogP contribution in [0.15, 0.2) is 36.7 Å². The first-order valence-corrected chi connectivity index (χ1v) is 6.84. The third kappa shape index (κ3) is 4.18. The quantitative estimate of drug-likeness (QED) is 0.802. The SMILES string of the molecule is Cc1cnccc1NCCNCc1ccc(F)cc1Cl. The Morgan fingerprint density at radius 1 is 1.25 bits per heavy atom. The van der Waals surface area contributed by atoms with Crippen LogP contribution in [0.1, 0.15) is 11.1 Å². The molecule has 2 aromatic rings. The van der Waals surface area contributed by atoms with Gasteiger partial charge >= 0.3 is 0 Å². The molecule has 0 bridgehead atoms. The molecule has 20 heavy (non-hydrogen) atoms. The lowest BCUT2D eigenvalue weighted by molar-refractivity contribution is 0.625. The predicted molar refractivity (Wildman–Crippen MR) is 80.6 cm³/mol. The zero-order valence-corrected chi connectivity index (χ0v) is 12.0. The van der Waals surface area contributed by atoms with E-state index >= 15 is 0 Å². The molecule has 2 rings (SSSR count). The summed E-state index contributed by atoms with van der Waals surface area (Å²) in [5.74, 6) is -0.312. The van der Waals surface area contributed by atoms with Crippen molar-refractivity contribution >= 4 is 17.3 Å².